The first-order valence-corrected chi connectivity index (χ1v) is 5.36. The predicted octanol–water partition coefficient (Wildman–Crippen LogP) is 0.124. The molecule has 1 aromatic heterocycles. The molecule has 0 unspecified atom stereocenters. The molecule has 2 heterocycles. The molecule has 3 N–H and O–H groups in total. The Balaban J connectivity index is 2.67. The van der Waals surface area contributed by atoms with Gasteiger partial charge in [-0.1, -0.05) is 0 Å². The van der Waals surface area contributed by atoms with Crippen LogP contribution in [0.25, 0.3) is 0 Å². The fourth-order valence-corrected chi connectivity index (χ4v) is 2.80. The number of amidine groups is 1. The second-order valence-corrected chi connectivity index (χ2v) is 4.47. The Morgan fingerprint density at radius 2 is 2.33 bits per heavy atom. The van der Waals surface area contributed by atoms with E-state index in [1.807, 2.05) is 0 Å². The molecule has 0 radical (unpaired) electrons. The molecule has 1 aliphatic rings. The Labute approximate surface area is 73.1 Å². The van der Waals surface area contributed by atoms with Crippen LogP contribution in [-0.4, -0.2) is 14.3 Å². The van der Waals surface area contributed by atoms with E-state index in [-0.39, 0.29) is 5.84 Å². The van der Waals surface area contributed by atoms with Crippen molar-refractivity contribution in [2.24, 2.45) is 10.1 Å². The highest BCUT2D eigenvalue weighted by atomic mass is 32.2. The molecule has 0 saturated carbocycles. The minimum Gasteiger partial charge on any atom is -0.382 e. The van der Waals surface area contributed by atoms with Gasteiger partial charge in [-0.15, -0.1) is 15.7 Å². The number of hydrogen-bond donors (Lipinski definition) is 2. The molecule has 2 rings (SSSR count). The van der Waals surface area contributed by atoms with Crippen LogP contribution >= 0.6 is 11.3 Å². The molecule has 64 valence electrons. The zero-order chi connectivity index (χ0) is 8.77. The average Bonchev–Trinajstić information content (AvgIpc) is 2.31. The lowest BCUT2D eigenvalue weighted by Crippen LogP contribution is -2.24. The van der Waals surface area contributed by atoms with Gasteiger partial charge in [-0.05, 0) is 11.4 Å². The topological polar surface area (TPSA) is 84.5 Å². The van der Waals surface area contributed by atoms with Gasteiger partial charge in [0.15, 0.2) is 0 Å². The number of rotatable bonds is 0. The summed E-state index contributed by atoms with van der Waals surface area (Å²) in [5.74, 6) is 0.0463. The van der Waals surface area contributed by atoms with Crippen LogP contribution in [0, 0.1) is 0 Å². The van der Waals surface area contributed by atoms with Crippen LogP contribution in [0.3, 0.4) is 0 Å². The van der Waals surface area contributed by atoms with Crippen molar-refractivity contribution in [3.8, 4) is 0 Å². The van der Waals surface area contributed by atoms with Crippen molar-refractivity contribution < 1.29 is 8.42 Å². The maximum Gasteiger partial charge on any atom is 0.344 e. The summed E-state index contributed by atoms with van der Waals surface area (Å²) in [5, 5.41) is 2.28. The van der Waals surface area contributed by atoms with Crippen LogP contribution in [0.2, 0.25) is 0 Å². The van der Waals surface area contributed by atoms with Gasteiger partial charge in [-0.25, -0.2) is 0 Å². The molecule has 1 aromatic rings. The SMILES string of the molecule is NC1=NS(=O)(=O)Nc2sccc21. The third kappa shape index (κ3) is 1.07. The van der Waals surface area contributed by atoms with E-state index < -0.39 is 10.2 Å². The molecule has 0 amide bonds. The van der Waals surface area contributed by atoms with E-state index in [4.69, 9.17) is 5.73 Å². The number of nitrogens with one attached hydrogen (secondary N) is 1. The Morgan fingerprint density at radius 3 is 3.08 bits per heavy atom. The van der Waals surface area contributed by atoms with E-state index >= 15 is 0 Å². The Bertz CT molecular complexity index is 445. The second-order valence-electron chi connectivity index (χ2n) is 2.22. The zero-order valence-electron chi connectivity index (χ0n) is 5.81. The summed E-state index contributed by atoms with van der Waals surface area (Å²) < 4.78 is 27.5. The average molecular weight is 203 g/mol. The third-order valence-corrected chi connectivity index (χ3v) is 3.24. The van der Waals surface area contributed by atoms with Gasteiger partial charge in [0.1, 0.15) is 10.8 Å². The van der Waals surface area contributed by atoms with Gasteiger partial charge in [0.2, 0.25) is 0 Å². The number of thiophene rings is 1. The predicted molar refractivity (Wildman–Crippen MR) is 47.6 cm³/mol. The van der Waals surface area contributed by atoms with E-state index in [1.54, 1.807) is 11.4 Å². The highest BCUT2D eigenvalue weighted by Crippen LogP contribution is 2.27. The fourth-order valence-electron chi connectivity index (χ4n) is 0.909. The van der Waals surface area contributed by atoms with Crippen LogP contribution in [0.5, 0.6) is 0 Å². The van der Waals surface area contributed by atoms with E-state index in [2.05, 4.69) is 9.12 Å². The highest BCUT2D eigenvalue weighted by molar-refractivity contribution is 7.91. The van der Waals surface area contributed by atoms with E-state index in [1.165, 1.54) is 11.3 Å². The molecular formula is C5H5N3O2S2. The number of anilines is 1. The van der Waals surface area contributed by atoms with E-state index in [9.17, 15) is 8.42 Å². The van der Waals surface area contributed by atoms with Crippen molar-refractivity contribution in [2.75, 3.05) is 4.72 Å². The minimum atomic E-state index is -3.59. The van der Waals surface area contributed by atoms with Crippen LogP contribution in [0.4, 0.5) is 5.00 Å². The molecule has 0 bridgehead atoms. The number of hydrogen-bond acceptors (Lipinski definition) is 4. The van der Waals surface area contributed by atoms with Crippen LogP contribution in [0.1, 0.15) is 5.56 Å². The second kappa shape index (κ2) is 2.20. The van der Waals surface area contributed by atoms with Gasteiger partial charge >= 0.3 is 10.2 Å². The van der Waals surface area contributed by atoms with Crippen LogP contribution in [-0.2, 0) is 10.2 Å². The first-order chi connectivity index (χ1) is 5.58. The molecule has 5 nitrogen and oxygen atoms in total. The highest BCUT2D eigenvalue weighted by Gasteiger charge is 2.21. The molecule has 0 fully saturated rings. The molecule has 12 heavy (non-hydrogen) atoms. The van der Waals surface area contributed by atoms with E-state index in [0.717, 1.165) is 0 Å². The summed E-state index contributed by atoms with van der Waals surface area (Å²) in [6.07, 6.45) is 0. The molecule has 0 aliphatic carbocycles. The quantitative estimate of drug-likeness (QED) is 0.628. The summed E-state index contributed by atoms with van der Waals surface area (Å²) in [4.78, 5) is 0. The van der Waals surface area contributed by atoms with Gasteiger partial charge in [0.05, 0.1) is 5.56 Å². The van der Waals surface area contributed by atoms with Crippen molar-refractivity contribution >= 4 is 32.4 Å². The van der Waals surface area contributed by atoms with Gasteiger partial charge in [-0.2, -0.15) is 8.42 Å². The lowest BCUT2D eigenvalue weighted by atomic mass is 10.3. The first-order valence-electron chi connectivity index (χ1n) is 3.04. The third-order valence-electron chi connectivity index (χ3n) is 1.38. The first kappa shape index (κ1) is 7.56. The maximum atomic E-state index is 10.9. The lowest BCUT2D eigenvalue weighted by Gasteiger charge is -2.10. The summed E-state index contributed by atoms with van der Waals surface area (Å²) in [6, 6.07) is 1.72. The van der Waals surface area contributed by atoms with Crippen molar-refractivity contribution in [1.29, 1.82) is 0 Å². The molecule has 0 atom stereocenters. The summed E-state index contributed by atoms with van der Waals surface area (Å²) in [7, 11) is -3.59. The number of fused-ring (bicyclic) bond motifs is 1. The van der Waals surface area contributed by atoms with Gasteiger partial charge in [-0.3, -0.25) is 4.72 Å². The monoisotopic (exact) mass is 203 g/mol. The summed E-state index contributed by atoms with van der Waals surface area (Å²) >= 11 is 1.28. The Hall–Kier alpha value is -1.08. The lowest BCUT2D eigenvalue weighted by molar-refractivity contribution is 0.603. The van der Waals surface area contributed by atoms with Crippen molar-refractivity contribution in [2.45, 2.75) is 0 Å². The molecule has 0 saturated heterocycles. The van der Waals surface area contributed by atoms with Crippen molar-refractivity contribution in [3.63, 3.8) is 0 Å². The summed E-state index contributed by atoms with van der Waals surface area (Å²) in [6.45, 7) is 0. The van der Waals surface area contributed by atoms with Crippen molar-refractivity contribution in [3.05, 3.63) is 17.0 Å². The Kier molecular flexibility index (Phi) is 1.39. The molecule has 7 heteroatoms. The largest absolute Gasteiger partial charge is 0.382 e. The van der Waals surface area contributed by atoms with E-state index in [0.29, 0.717) is 10.6 Å². The normalized spacial score (nSPS) is 19.2. The summed E-state index contributed by atoms with van der Waals surface area (Å²) in [5.41, 5.74) is 6.05. The van der Waals surface area contributed by atoms with Crippen molar-refractivity contribution in [1.82, 2.24) is 0 Å². The number of nitrogens with zero attached hydrogens (tertiary/aromatic N) is 1. The van der Waals surface area contributed by atoms with Gasteiger partial charge < -0.3 is 5.73 Å². The standard InChI is InChI=1S/C5H5N3O2S2/c6-4-3-1-2-11-5(3)8-12(9,10)7-4/h1-2,8H,(H2,6,7). The maximum absolute atomic E-state index is 10.9. The zero-order valence-corrected chi connectivity index (χ0v) is 7.45. The van der Waals surface area contributed by atoms with Crippen LogP contribution < -0.4 is 10.5 Å². The Morgan fingerprint density at radius 1 is 1.58 bits per heavy atom. The van der Waals surface area contributed by atoms with Gasteiger partial charge in [0, 0.05) is 0 Å². The number of nitrogens with two attached hydrogens (primary N) is 1. The smallest absolute Gasteiger partial charge is 0.344 e. The fraction of sp³-hybridized carbons (Fsp3) is 0. The van der Waals surface area contributed by atoms with Crippen LogP contribution in [0.15, 0.2) is 15.8 Å². The molecule has 1 aliphatic heterocycles. The minimum absolute atomic E-state index is 0.0463. The molecule has 0 spiro atoms. The molecule has 0 aromatic carbocycles. The van der Waals surface area contributed by atoms with Gasteiger partial charge in [0.25, 0.3) is 0 Å². The molecular weight excluding hydrogens is 198 g/mol.